The average molecular weight is 113 g/mol. The molecule has 0 aromatic carbocycles. The lowest BCUT2D eigenvalue weighted by atomic mass is 10.6. The molecule has 2 N–H and O–H groups in total. The predicted molar refractivity (Wildman–Crippen MR) is 29.6 cm³/mol. The van der Waals surface area contributed by atoms with E-state index in [0.717, 1.165) is 0 Å². The number of nitrogens with zero attached hydrogens (tertiary/aromatic N) is 1. The van der Waals surface area contributed by atoms with Crippen LogP contribution in [0.5, 0.6) is 0 Å². The summed E-state index contributed by atoms with van der Waals surface area (Å²) in [7, 11) is 0. The molecule has 0 unspecified atom stereocenters. The number of amides is 2. The van der Waals surface area contributed by atoms with Crippen molar-refractivity contribution in [3.05, 3.63) is 0 Å². The third kappa shape index (κ3) is 0.959. The van der Waals surface area contributed by atoms with E-state index in [1.165, 1.54) is 0 Å². The molecule has 0 spiro atoms. The zero-order valence-corrected chi connectivity index (χ0v) is 4.56. The number of amidine groups is 1. The van der Waals surface area contributed by atoms with E-state index in [0.29, 0.717) is 12.5 Å². The molecule has 1 rings (SSSR count). The van der Waals surface area contributed by atoms with Gasteiger partial charge < -0.3 is 5.32 Å². The molecule has 4 nitrogen and oxygen atoms in total. The van der Waals surface area contributed by atoms with E-state index < -0.39 is 0 Å². The number of rotatable bonds is 0. The fourth-order valence-electron chi connectivity index (χ4n) is 0.478. The van der Waals surface area contributed by atoms with Crippen molar-refractivity contribution < 1.29 is 4.79 Å². The van der Waals surface area contributed by atoms with Crippen LogP contribution in [0.15, 0.2) is 4.99 Å². The lowest BCUT2D eigenvalue weighted by Gasteiger charge is -2.09. The maximum Gasteiger partial charge on any atom is 0.321 e. The molecule has 1 heterocycles. The van der Waals surface area contributed by atoms with Crippen molar-refractivity contribution in [2.45, 2.75) is 6.92 Å². The SMILES string of the molecule is CC1=NCNC(=O)N1. The number of carbonyl (C=O) groups excluding carboxylic acids is 1. The minimum Gasteiger partial charge on any atom is -0.318 e. The molecule has 1 aliphatic heterocycles. The van der Waals surface area contributed by atoms with Crippen molar-refractivity contribution in [2.75, 3.05) is 6.67 Å². The van der Waals surface area contributed by atoms with Gasteiger partial charge in [0.25, 0.3) is 0 Å². The van der Waals surface area contributed by atoms with E-state index in [4.69, 9.17) is 0 Å². The van der Waals surface area contributed by atoms with Gasteiger partial charge in [0, 0.05) is 0 Å². The summed E-state index contributed by atoms with van der Waals surface area (Å²) in [6, 6.07) is -0.169. The fourth-order valence-corrected chi connectivity index (χ4v) is 0.478. The molecule has 44 valence electrons. The van der Waals surface area contributed by atoms with E-state index in [1.54, 1.807) is 6.92 Å². The van der Waals surface area contributed by atoms with Gasteiger partial charge in [-0.3, -0.25) is 10.3 Å². The Bertz CT molecular complexity index is 140. The quantitative estimate of drug-likeness (QED) is 0.444. The fraction of sp³-hybridized carbons (Fsp3) is 0.500. The molecule has 4 heteroatoms. The van der Waals surface area contributed by atoms with Crippen molar-refractivity contribution in [1.82, 2.24) is 10.6 Å². The Kier molecular flexibility index (Phi) is 1.15. The van der Waals surface area contributed by atoms with E-state index in [9.17, 15) is 4.79 Å². The standard InChI is InChI=1S/C4H7N3O/c1-3-5-2-6-4(8)7-3/h2H2,1H3,(H2,5,6,7,8). The van der Waals surface area contributed by atoms with Crippen LogP contribution < -0.4 is 10.6 Å². The number of urea groups is 1. The molecular formula is C4H7N3O. The van der Waals surface area contributed by atoms with Gasteiger partial charge in [0.15, 0.2) is 0 Å². The molecular weight excluding hydrogens is 106 g/mol. The topological polar surface area (TPSA) is 53.5 Å². The molecule has 0 saturated carbocycles. The normalized spacial score (nSPS) is 18.6. The van der Waals surface area contributed by atoms with Crippen LogP contribution in [0.4, 0.5) is 4.79 Å². The van der Waals surface area contributed by atoms with Gasteiger partial charge in [0.2, 0.25) is 0 Å². The summed E-state index contributed by atoms with van der Waals surface area (Å²) >= 11 is 0. The van der Waals surface area contributed by atoms with E-state index in [1.807, 2.05) is 0 Å². The first-order valence-corrected chi connectivity index (χ1v) is 2.35. The number of carbonyl (C=O) groups is 1. The monoisotopic (exact) mass is 113 g/mol. The molecule has 0 aromatic rings. The van der Waals surface area contributed by atoms with Gasteiger partial charge in [-0.05, 0) is 6.92 Å². The van der Waals surface area contributed by atoms with Crippen molar-refractivity contribution >= 4 is 11.9 Å². The van der Waals surface area contributed by atoms with E-state index >= 15 is 0 Å². The highest BCUT2D eigenvalue weighted by atomic mass is 16.2. The highest BCUT2D eigenvalue weighted by Gasteiger charge is 2.03. The zero-order valence-electron chi connectivity index (χ0n) is 4.56. The second-order valence-corrected chi connectivity index (χ2v) is 1.53. The summed E-state index contributed by atoms with van der Waals surface area (Å²) < 4.78 is 0. The minimum atomic E-state index is -0.169. The largest absolute Gasteiger partial charge is 0.321 e. The molecule has 1 aliphatic rings. The summed E-state index contributed by atoms with van der Waals surface area (Å²) in [6.07, 6.45) is 0. The molecule has 0 saturated heterocycles. The summed E-state index contributed by atoms with van der Waals surface area (Å²) in [5.74, 6) is 0.675. The Morgan fingerprint density at radius 1 is 1.75 bits per heavy atom. The van der Waals surface area contributed by atoms with Crippen LogP contribution in [0.25, 0.3) is 0 Å². The first kappa shape index (κ1) is 5.08. The highest BCUT2D eigenvalue weighted by molar-refractivity contribution is 5.97. The number of aliphatic imine (C=N–C) groups is 1. The van der Waals surface area contributed by atoms with Crippen LogP contribution in [0, 0.1) is 0 Å². The predicted octanol–water partition coefficient (Wildman–Crippen LogP) is -0.325. The van der Waals surface area contributed by atoms with Crippen molar-refractivity contribution in [3.8, 4) is 0 Å². The van der Waals surface area contributed by atoms with Gasteiger partial charge in [-0.1, -0.05) is 0 Å². The molecule has 0 fully saturated rings. The summed E-state index contributed by atoms with van der Waals surface area (Å²) in [5, 5.41) is 4.95. The van der Waals surface area contributed by atoms with Crippen molar-refractivity contribution in [2.24, 2.45) is 4.99 Å². The molecule has 0 radical (unpaired) electrons. The lowest BCUT2D eigenvalue weighted by Crippen LogP contribution is -2.43. The molecule has 0 aromatic heterocycles. The van der Waals surface area contributed by atoms with E-state index in [-0.39, 0.29) is 6.03 Å². The zero-order chi connectivity index (χ0) is 5.98. The van der Waals surface area contributed by atoms with Gasteiger partial charge in [0.1, 0.15) is 12.5 Å². The third-order valence-corrected chi connectivity index (χ3v) is 0.850. The summed E-state index contributed by atoms with van der Waals surface area (Å²) in [6.45, 7) is 2.15. The van der Waals surface area contributed by atoms with Crippen LogP contribution in [-0.2, 0) is 0 Å². The Labute approximate surface area is 47.0 Å². The Hall–Kier alpha value is -1.06. The molecule has 2 amide bonds. The summed E-state index contributed by atoms with van der Waals surface area (Å²) in [4.78, 5) is 14.2. The van der Waals surface area contributed by atoms with Crippen LogP contribution >= 0.6 is 0 Å². The van der Waals surface area contributed by atoms with Gasteiger partial charge in [-0.15, -0.1) is 0 Å². The summed E-state index contributed by atoms with van der Waals surface area (Å²) in [5.41, 5.74) is 0. The highest BCUT2D eigenvalue weighted by Crippen LogP contribution is 1.78. The first-order chi connectivity index (χ1) is 3.79. The van der Waals surface area contributed by atoms with Gasteiger partial charge in [0.05, 0.1) is 0 Å². The molecule has 8 heavy (non-hydrogen) atoms. The smallest absolute Gasteiger partial charge is 0.318 e. The Morgan fingerprint density at radius 2 is 2.50 bits per heavy atom. The third-order valence-electron chi connectivity index (χ3n) is 0.850. The molecule has 0 atom stereocenters. The van der Waals surface area contributed by atoms with Gasteiger partial charge in [-0.2, -0.15) is 0 Å². The second-order valence-electron chi connectivity index (χ2n) is 1.53. The average Bonchev–Trinajstić information content (AvgIpc) is 1.64. The number of hydrogen-bond donors (Lipinski definition) is 2. The van der Waals surface area contributed by atoms with Crippen molar-refractivity contribution in [1.29, 1.82) is 0 Å². The second kappa shape index (κ2) is 1.81. The number of nitrogens with one attached hydrogen (secondary N) is 2. The Balaban J connectivity index is 2.57. The molecule has 0 aliphatic carbocycles. The minimum absolute atomic E-state index is 0.169. The Morgan fingerprint density at radius 3 is 2.88 bits per heavy atom. The van der Waals surface area contributed by atoms with Gasteiger partial charge >= 0.3 is 6.03 Å². The number of hydrogen-bond acceptors (Lipinski definition) is 2. The maximum atomic E-state index is 10.4. The van der Waals surface area contributed by atoms with Crippen molar-refractivity contribution in [3.63, 3.8) is 0 Å². The van der Waals surface area contributed by atoms with E-state index in [2.05, 4.69) is 15.6 Å². The first-order valence-electron chi connectivity index (χ1n) is 2.35. The maximum absolute atomic E-state index is 10.4. The van der Waals surface area contributed by atoms with Gasteiger partial charge in [-0.25, -0.2) is 4.79 Å². The van der Waals surface area contributed by atoms with Crippen LogP contribution in [-0.4, -0.2) is 18.5 Å². The van der Waals surface area contributed by atoms with Crippen LogP contribution in [0.2, 0.25) is 0 Å². The van der Waals surface area contributed by atoms with Crippen LogP contribution in [0.1, 0.15) is 6.92 Å². The molecule has 0 bridgehead atoms. The van der Waals surface area contributed by atoms with Crippen LogP contribution in [0.3, 0.4) is 0 Å². The lowest BCUT2D eigenvalue weighted by molar-refractivity contribution is 0.244.